The summed E-state index contributed by atoms with van der Waals surface area (Å²) in [6.07, 6.45) is 4.69. The molecule has 0 spiro atoms. The lowest BCUT2D eigenvalue weighted by Crippen LogP contribution is -2.22. The van der Waals surface area contributed by atoms with Crippen LogP contribution >= 0.6 is 0 Å². The number of Topliss-reactive ketones (excluding diaryl/α,β-unsaturated/α-hetero) is 1. The van der Waals surface area contributed by atoms with Gasteiger partial charge in [-0.15, -0.1) is 0 Å². The molecule has 0 amide bonds. The third-order valence-electron chi connectivity index (χ3n) is 4.49. The SMILES string of the molecule is CC(=O)C1CC2=C(C1)C(C)(C)CCC2C. The monoisotopic (exact) mass is 206 g/mol. The zero-order valence-electron chi connectivity index (χ0n) is 10.4. The van der Waals surface area contributed by atoms with E-state index in [1.807, 2.05) is 0 Å². The minimum atomic E-state index is 0.301. The van der Waals surface area contributed by atoms with Crippen LogP contribution in [0, 0.1) is 17.3 Å². The molecule has 2 aliphatic carbocycles. The van der Waals surface area contributed by atoms with E-state index in [0.717, 1.165) is 18.8 Å². The van der Waals surface area contributed by atoms with Crippen molar-refractivity contribution < 1.29 is 4.79 Å². The molecule has 0 saturated carbocycles. The Morgan fingerprint density at radius 1 is 1.33 bits per heavy atom. The Kier molecular flexibility index (Phi) is 2.52. The van der Waals surface area contributed by atoms with E-state index >= 15 is 0 Å². The van der Waals surface area contributed by atoms with Gasteiger partial charge >= 0.3 is 0 Å². The number of hydrogen-bond donors (Lipinski definition) is 0. The van der Waals surface area contributed by atoms with Gasteiger partial charge in [0, 0.05) is 5.92 Å². The molecule has 0 fully saturated rings. The molecule has 0 heterocycles. The van der Waals surface area contributed by atoms with Gasteiger partial charge in [0.2, 0.25) is 0 Å². The fourth-order valence-electron chi connectivity index (χ4n) is 3.24. The number of carbonyl (C=O) groups excluding carboxylic acids is 1. The summed E-state index contributed by atoms with van der Waals surface area (Å²) in [7, 11) is 0. The molecule has 15 heavy (non-hydrogen) atoms. The summed E-state index contributed by atoms with van der Waals surface area (Å²) in [4.78, 5) is 11.5. The zero-order chi connectivity index (χ0) is 11.2. The maximum Gasteiger partial charge on any atom is 0.133 e. The van der Waals surface area contributed by atoms with E-state index in [4.69, 9.17) is 0 Å². The van der Waals surface area contributed by atoms with Crippen molar-refractivity contribution in [3.63, 3.8) is 0 Å². The summed E-state index contributed by atoms with van der Waals surface area (Å²) in [6.45, 7) is 8.77. The van der Waals surface area contributed by atoms with Gasteiger partial charge < -0.3 is 0 Å². The molecule has 2 atom stereocenters. The first kappa shape index (κ1) is 10.9. The van der Waals surface area contributed by atoms with E-state index in [0.29, 0.717) is 17.1 Å². The van der Waals surface area contributed by atoms with Crippen LogP contribution in [0.4, 0.5) is 0 Å². The van der Waals surface area contributed by atoms with Gasteiger partial charge in [0.1, 0.15) is 5.78 Å². The van der Waals surface area contributed by atoms with E-state index in [1.54, 1.807) is 18.1 Å². The predicted molar refractivity (Wildman–Crippen MR) is 62.6 cm³/mol. The maximum absolute atomic E-state index is 11.5. The topological polar surface area (TPSA) is 17.1 Å². The van der Waals surface area contributed by atoms with Crippen molar-refractivity contribution in [1.29, 1.82) is 0 Å². The number of rotatable bonds is 1. The molecular weight excluding hydrogens is 184 g/mol. The van der Waals surface area contributed by atoms with Gasteiger partial charge in [-0.3, -0.25) is 4.79 Å². The lowest BCUT2D eigenvalue weighted by molar-refractivity contribution is -0.120. The molecule has 0 aromatic heterocycles. The zero-order valence-corrected chi connectivity index (χ0v) is 10.4. The lowest BCUT2D eigenvalue weighted by atomic mass is 9.70. The van der Waals surface area contributed by atoms with Crippen molar-refractivity contribution in [2.75, 3.05) is 0 Å². The Morgan fingerprint density at radius 2 is 2.00 bits per heavy atom. The summed E-state index contributed by atoms with van der Waals surface area (Å²) < 4.78 is 0. The van der Waals surface area contributed by atoms with Gasteiger partial charge in [-0.25, -0.2) is 0 Å². The normalized spacial score (nSPS) is 34.1. The van der Waals surface area contributed by atoms with Gasteiger partial charge in [-0.2, -0.15) is 0 Å². The first-order valence-corrected chi connectivity index (χ1v) is 6.14. The number of carbonyl (C=O) groups is 1. The number of allylic oxidation sites excluding steroid dienone is 2. The van der Waals surface area contributed by atoms with Crippen molar-refractivity contribution in [2.24, 2.45) is 17.3 Å². The van der Waals surface area contributed by atoms with Gasteiger partial charge in [0.05, 0.1) is 0 Å². The highest BCUT2D eigenvalue weighted by Crippen LogP contribution is 2.51. The fourth-order valence-corrected chi connectivity index (χ4v) is 3.24. The first-order chi connectivity index (χ1) is 6.92. The molecule has 0 N–H and O–H groups in total. The molecule has 0 bridgehead atoms. The van der Waals surface area contributed by atoms with Gasteiger partial charge in [-0.1, -0.05) is 31.9 Å². The quantitative estimate of drug-likeness (QED) is 0.597. The first-order valence-electron chi connectivity index (χ1n) is 6.14. The van der Waals surface area contributed by atoms with Crippen LogP contribution in [0.2, 0.25) is 0 Å². The highest BCUT2D eigenvalue weighted by molar-refractivity contribution is 5.79. The van der Waals surface area contributed by atoms with Gasteiger partial charge in [-0.05, 0) is 43.9 Å². The van der Waals surface area contributed by atoms with E-state index in [1.165, 1.54) is 12.8 Å². The molecule has 2 unspecified atom stereocenters. The molecular formula is C14H22O. The van der Waals surface area contributed by atoms with E-state index in [2.05, 4.69) is 20.8 Å². The summed E-state index contributed by atoms with van der Waals surface area (Å²) in [5.74, 6) is 1.40. The van der Waals surface area contributed by atoms with Crippen molar-refractivity contribution in [3.8, 4) is 0 Å². The van der Waals surface area contributed by atoms with Crippen molar-refractivity contribution in [3.05, 3.63) is 11.1 Å². The molecule has 0 saturated heterocycles. The standard InChI is InChI=1S/C14H22O/c1-9-5-6-14(3,4)13-8-11(10(2)15)7-12(9)13/h9,11H,5-8H2,1-4H3. The Morgan fingerprint density at radius 3 is 2.53 bits per heavy atom. The molecule has 84 valence electrons. The summed E-state index contributed by atoms with van der Waals surface area (Å²) in [5, 5.41) is 0. The molecule has 1 heteroatoms. The smallest absolute Gasteiger partial charge is 0.133 e. The average Bonchev–Trinajstić information content (AvgIpc) is 2.58. The van der Waals surface area contributed by atoms with Crippen molar-refractivity contribution in [2.45, 2.75) is 53.4 Å². The minimum absolute atomic E-state index is 0.301. The van der Waals surface area contributed by atoms with Crippen LogP contribution < -0.4 is 0 Å². The van der Waals surface area contributed by atoms with Crippen LogP contribution in [-0.2, 0) is 4.79 Å². The van der Waals surface area contributed by atoms with Crippen LogP contribution in [0.5, 0.6) is 0 Å². The Hall–Kier alpha value is -0.590. The van der Waals surface area contributed by atoms with Crippen LogP contribution in [0.15, 0.2) is 11.1 Å². The summed E-state index contributed by atoms with van der Waals surface area (Å²) in [6, 6.07) is 0. The van der Waals surface area contributed by atoms with Gasteiger partial charge in [0.15, 0.2) is 0 Å². The fraction of sp³-hybridized carbons (Fsp3) is 0.786. The van der Waals surface area contributed by atoms with Crippen LogP contribution in [0.25, 0.3) is 0 Å². The second-order valence-electron chi connectivity index (χ2n) is 6.04. The maximum atomic E-state index is 11.5. The highest BCUT2D eigenvalue weighted by Gasteiger charge is 2.39. The Bertz CT molecular complexity index is 322. The molecule has 2 aliphatic rings. The largest absolute Gasteiger partial charge is 0.300 e. The van der Waals surface area contributed by atoms with E-state index in [9.17, 15) is 4.79 Å². The van der Waals surface area contributed by atoms with E-state index < -0.39 is 0 Å². The molecule has 1 nitrogen and oxygen atoms in total. The van der Waals surface area contributed by atoms with Crippen molar-refractivity contribution >= 4 is 5.78 Å². The third kappa shape index (κ3) is 1.77. The average molecular weight is 206 g/mol. The van der Waals surface area contributed by atoms with Crippen LogP contribution in [0.3, 0.4) is 0 Å². The Balaban J connectivity index is 2.28. The van der Waals surface area contributed by atoms with Crippen molar-refractivity contribution in [1.82, 2.24) is 0 Å². The molecule has 2 rings (SSSR count). The highest BCUT2D eigenvalue weighted by atomic mass is 16.1. The molecule has 0 radical (unpaired) electrons. The second kappa shape index (κ2) is 3.47. The minimum Gasteiger partial charge on any atom is -0.300 e. The summed E-state index contributed by atoms with van der Waals surface area (Å²) in [5.41, 5.74) is 3.58. The summed E-state index contributed by atoms with van der Waals surface area (Å²) >= 11 is 0. The lowest BCUT2D eigenvalue weighted by Gasteiger charge is -2.35. The second-order valence-corrected chi connectivity index (χ2v) is 6.04. The molecule has 0 aliphatic heterocycles. The molecule has 0 aromatic rings. The number of hydrogen-bond acceptors (Lipinski definition) is 1. The molecule has 0 aromatic carbocycles. The predicted octanol–water partition coefficient (Wildman–Crippen LogP) is 3.74. The van der Waals surface area contributed by atoms with Gasteiger partial charge in [0.25, 0.3) is 0 Å². The van der Waals surface area contributed by atoms with E-state index in [-0.39, 0.29) is 0 Å². The Labute approximate surface area is 92.9 Å². The van der Waals surface area contributed by atoms with Crippen LogP contribution in [-0.4, -0.2) is 5.78 Å². The number of ketones is 1. The third-order valence-corrected chi connectivity index (χ3v) is 4.49. The van der Waals surface area contributed by atoms with Crippen LogP contribution in [0.1, 0.15) is 53.4 Å².